The van der Waals surface area contributed by atoms with Crippen molar-refractivity contribution in [3.05, 3.63) is 72.9 Å². The number of nitrogens with one attached hydrogen (secondary N) is 1. The van der Waals surface area contributed by atoms with E-state index in [1.54, 1.807) is 0 Å². The van der Waals surface area contributed by atoms with Crippen LogP contribution in [0.4, 0.5) is 0 Å². The number of allylic oxidation sites excluding steroid dienone is 12. The van der Waals surface area contributed by atoms with Crippen LogP contribution < -0.4 is 5.32 Å². The number of aliphatic carboxylic acids is 1. The van der Waals surface area contributed by atoms with Crippen molar-refractivity contribution in [2.24, 2.45) is 0 Å². The topological polar surface area (TPSA) is 169 Å². The Morgan fingerprint density at radius 3 is 1.30 bits per heavy atom. The molecular weight excluding hydrogens is 830 g/mol. The Labute approximate surface area is 389 Å². The smallest absolute Gasteiger partial charge is 0.472 e. The van der Waals surface area contributed by atoms with Crippen LogP contribution in [0, 0.1) is 0 Å². The summed E-state index contributed by atoms with van der Waals surface area (Å²) in [7, 11) is -4.78. The Bertz CT molecular complexity index is 1360. The highest BCUT2D eigenvalue weighted by Crippen LogP contribution is 2.43. The first kappa shape index (κ1) is 60.9. The maximum absolute atomic E-state index is 12.3. The van der Waals surface area contributed by atoms with Crippen LogP contribution >= 0.6 is 7.82 Å². The van der Waals surface area contributed by atoms with Gasteiger partial charge in [-0.1, -0.05) is 215 Å². The van der Waals surface area contributed by atoms with Crippen LogP contribution in [0.2, 0.25) is 0 Å². The van der Waals surface area contributed by atoms with E-state index in [0.717, 1.165) is 51.4 Å². The molecule has 0 spiro atoms. The minimum absolute atomic E-state index is 0.0176. The predicted molar refractivity (Wildman–Crippen MR) is 263 cm³/mol. The van der Waals surface area contributed by atoms with E-state index in [2.05, 4.69) is 73.8 Å². The van der Waals surface area contributed by atoms with Gasteiger partial charge in [-0.05, 0) is 51.4 Å². The number of esters is 1. The van der Waals surface area contributed by atoms with E-state index in [-0.39, 0.29) is 12.8 Å². The van der Waals surface area contributed by atoms with Gasteiger partial charge in [-0.15, -0.1) is 0 Å². The summed E-state index contributed by atoms with van der Waals surface area (Å²) in [6.45, 7) is 2.45. The zero-order valence-corrected chi connectivity index (χ0v) is 41.0. The number of phosphoric ester groups is 1. The number of rotatable bonds is 46. The van der Waals surface area contributed by atoms with Gasteiger partial charge in [0.25, 0.3) is 0 Å². The molecule has 64 heavy (non-hydrogen) atoms. The third-order valence-corrected chi connectivity index (χ3v) is 11.5. The molecule has 0 saturated carbocycles. The Kier molecular flexibility index (Phi) is 44.2. The second-order valence-corrected chi connectivity index (χ2v) is 18.1. The number of carboxylic acids is 1. The second-order valence-electron chi connectivity index (χ2n) is 16.6. The van der Waals surface area contributed by atoms with Crippen molar-refractivity contribution in [1.82, 2.24) is 5.32 Å². The molecule has 0 aromatic rings. The fourth-order valence-corrected chi connectivity index (χ4v) is 7.46. The summed E-state index contributed by atoms with van der Waals surface area (Å²) >= 11 is 0. The molecule has 0 rings (SSSR count). The van der Waals surface area contributed by atoms with Gasteiger partial charge in [0.2, 0.25) is 5.91 Å². The lowest BCUT2D eigenvalue weighted by Gasteiger charge is -2.18. The van der Waals surface area contributed by atoms with Gasteiger partial charge in [0.05, 0.1) is 13.2 Å². The molecule has 3 atom stereocenters. The molecule has 0 fully saturated rings. The molecule has 0 aromatic heterocycles. The highest BCUT2D eigenvalue weighted by atomic mass is 31.2. The summed E-state index contributed by atoms with van der Waals surface area (Å²) in [4.78, 5) is 46.0. The summed E-state index contributed by atoms with van der Waals surface area (Å²) in [6, 6.07) is -1.59. The number of carboxylic acid groups (broad SMARTS) is 1. The van der Waals surface area contributed by atoms with Crippen LogP contribution in [0.25, 0.3) is 0 Å². The number of aliphatic hydroxyl groups is 1. The lowest BCUT2D eigenvalue weighted by atomic mass is 10.0. The number of unbranched alkanes of at least 4 members (excludes halogenated alkanes) is 20. The molecule has 0 heterocycles. The van der Waals surface area contributed by atoms with Crippen molar-refractivity contribution in [3.8, 4) is 0 Å². The molecule has 4 N–H and O–H groups in total. The van der Waals surface area contributed by atoms with Crippen LogP contribution in [0.5, 0.6) is 0 Å². The first-order chi connectivity index (χ1) is 31.1. The number of aliphatic hydroxyl groups excluding tert-OH is 1. The van der Waals surface area contributed by atoms with E-state index in [0.29, 0.717) is 19.3 Å². The number of carbonyl (C=O) groups is 3. The van der Waals surface area contributed by atoms with Gasteiger partial charge < -0.3 is 25.2 Å². The second kappa shape index (κ2) is 46.4. The molecule has 0 aliphatic rings. The average Bonchev–Trinajstić information content (AvgIpc) is 3.27. The Morgan fingerprint density at radius 2 is 0.891 bits per heavy atom. The van der Waals surface area contributed by atoms with Crippen LogP contribution in [0.15, 0.2) is 72.9 Å². The van der Waals surface area contributed by atoms with Crippen molar-refractivity contribution in [3.63, 3.8) is 0 Å². The molecule has 0 aromatic carbocycles. The molecular formula is C52H90NO10P. The van der Waals surface area contributed by atoms with Gasteiger partial charge in [-0.25, -0.2) is 9.36 Å². The summed E-state index contributed by atoms with van der Waals surface area (Å²) in [5, 5.41) is 21.8. The van der Waals surface area contributed by atoms with Crippen LogP contribution in [-0.4, -0.2) is 64.9 Å². The van der Waals surface area contributed by atoms with Gasteiger partial charge in [0, 0.05) is 12.8 Å². The predicted octanol–water partition coefficient (Wildman–Crippen LogP) is 13.7. The van der Waals surface area contributed by atoms with Crippen molar-refractivity contribution >= 4 is 25.7 Å². The van der Waals surface area contributed by atoms with E-state index < -0.39 is 57.6 Å². The normalized spacial score (nSPS) is 14.2. The molecule has 0 bridgehead atoms. The molecule has 0 aliphatic carbocycles. The number of ether oxygens (including phenoxy) is 1. The zero-order valence-electron chi connectivity index (χ0n) is 40.1. The van der Waals surface area contributed by atoms with Crippen LogP contribution in [0.1, 0.15) is 206 Å². The lowest BCUT2D eigenvalue weighted by Crippen LogP contribution is -2.43. The summed E-state index contributed by atoms with van der Waals surface area (Å²) in [5.74, 6) is -2.49. The largest absolute Gasteiger partial charge is 0.480 e. The molecule has 1 amide bonds. The SMILES string of the molecule is CC/C=C\C/C=C\C/C=C\C/C=C\C/C=C\C/C=C\CCC(=O)NC(COP(=O)(O)OCC(O)COC(=O)CCCCCCCCCCCCCCCCCCCCCCC)C(=O)O. The van der Waals surface area contributed by atoms with Gasteiger partial charge in [-0.3, -0.25) is 18.6 Å². The van der Waals surface area contributed by atoms with Crippen molar-refractivity contribution in [2.75, 3.05) is 19.8 Å². The van der Waals surface area contributed by atoms with Crippen molar-refractivity contribution < 1.29 is 47.8 Å². The van der Waals surface area contributed by atoms with Crippen LogP contribution in [-0.2, 0) is 32.7 Å². The molecule has 0 saturated heterocycles. The van der Waals surface area contributed by atoms with Gasteiger partial charge in [0.15, 0.2) is 6.04 Å². The first-order valence-corrected chi connectivity index (χ1v) is 26.5. The fraction of sp³-hybridized carbons (Fsp3) is 0.712. The lowest BCUT2D eigenvalue weighted by molar-refractivity contribution is -0.147. The van der Waals surface area contributed by atoms with Gasteiger partial charge in [0.1, 0.15) is 12.7 Å². The molecule has 0 radical (unpaired) electrons. The summed E-state index contributed by atoms with van der Waals surface area (Å²) in [5.41, 5.74) is 0. The average molecular weight is 920 g/mol. The Morgan fingerprint density at radius 1 is 0.516 bits per heavy atom. The first-order valence-electron chi connectivity index (χ1n) is 25.0. The highest BCUT2D eigenvalue weighted by Gasteiger charge is 2.28. The molecule has 11 nitrogen and oxygen atoms in total. The fourth-order valence-electron chi connectivity index (χ4n) is 6.69. The quantitative estimate of drug-likeness (QED) is 0.0200. The summed E-state index contributed by atoms with van der Waals surface area (Å²) < 4.78 is 26.9. The number of amides is 1. The standard InChI is InChI=1S/C52H90NO10P/c1-3-5-7-9-11-13-15-17-19-21-23-24-26-28-30-32-34-36-38-40-42-44-51(56)61-45-48(54)46-62-64(59,60)63-47-49(52(57)58)53-50(55)43-41-39-37-35-33-31-29-27-25-22-20-18-16-14-12-10-8-6-4-2/h6,8,12,14,18,20,25,27,31,33,37,39,48-49,54H,3-5,7,9-11,13,15-17,19,21-24,26,28-30,32,34-36,38,40-47H2,1-2H3,(H,53,55)(H,57,58)(H,59,60)/b8-6-,14-12-,20-18-,27-25-,33-31-,39-37-. The van der Waals surface area contributed by atoms with Gasteiger partial charge >= 0.3 is 19.8 Å². The van der Waals surface area contributed by atoms with Crippen molar-refractivity contribution in [2.45, 2.75) is 219 Å². The Hall–Kier alpha value is -3.08. The van der Waals surface area contributed by atoms with E-state index in [4.69, 9.17) is 13.8 Å². The highest BCUT2D eigenvalue weighted by molar-refractivity contribution is 7.47. The van der Waals surface area contributed by atoms with Gasteiger partial charge in [-0.2, -0.15) is 0 Å². The maximum atomic E-state index is 12.3. The minimum Gasteiger partial charge on any atom is -0.480 e. The van der Waals surface area contributed by atoms with E-state index in [9.17, 15) is 34.1 Å². The molecule has 0 aliphatic heterocycles. The Balaban J connectivity index is 3.91. The van der Waals surface area contributed by atoms with Crippen LogP contribution in [0.3, 0.4) is 0 Å². The summed E-state index contributed by atoms with van der Waals surface area (Å²) in [6.07, 6.45) is 56.6. The number of phosphoric acid groups is 1. The number of hydrogen-bond acceptors (Lipinski definition) is 8. The third-order valence-electron chi connectivity index (χ3n) is 10.5. The monoisotopic (exact) mass is 920 g/mol. The van der Waals surface area contributed by atoms with E-state index in [1.807, 2.05) is 18.2 Å². The zero-order chi connectivity index (χ0) is 47.0. The minimum atomic E-state index is -4.78. The van der Waals surface area contributed by atoms with E-state index >= 15 is 0 Å². The molecule has 12 heteroatoms. The maximum Gasteiger partial charge on any atom is 0.472 e. The van der Waals surface area contributed by atoms with E-state index in [1.165, 1.54) is 109 Å². The molecule has 3 unspecified atom stereocenters. The van der Waals surface area contributed by atoms with Crippen molar-refractivity contribution in [1.29, 1.82) is 0 Å². The number of hydrogen-bond donors (Lipinski definition) is 4. The third kappa shape index (κ3) is 45.5. The number of carbonyl (C=O) groups excluding carboxylic acids is 2. The molecule has 368 valence electrons.